The summed E-state index contributed by atoms with van der Waals surface area (Å²) in [6, 6.07) is 19.9. The summed E-state index contributed by atoms with van der Waals surface area (Å²) in [6.45, 7) is 0.272. The van der Waals surface area contributed by atoms with Crippen LogP contribution in [0.15, 0.2) is 78.6 Å². The van der Waals surface area contributed by atoms with Gasteiger partial charge >= 0.3 is 0 Å². The molecule has 6 heteroatoms. The van der Waals surface area contributed by atoms with Crippen LogP contribution in [0.25, 0.3) is 5.57 Å². The highest BCUT2D eigenvalue weighted by Crippen LogP contribution is 2.44. The predicted molar refractivity (Wildman–Crippen MR) is 115 cm³/mol. The molecule has 3 aromatic carbocycles. The van der Waals surface area contributed by atoms with Crippen LogP contribution in [0.4, 0.5) is 4.39 Å². The molecule has 0 bridgehead atoms. The number of aliphatic hydroxyl groups excluding tert-OH is 1. The molecule has 0 saturated heterocycles. The number of hydrogen-bond donors (Lipinski definition) is 1. The Morgan fingerprint density at radius 1 is 0.871 bits per heavy atom. The van der Waals surface area contributed by atoms with Crippen LogP contribution in [-0.4, -0.2) is 30.1 Å². The molecule has 3 aromatic rings. The Hall–Kier alpha value is -3.80. The average molecular weight is 419 g/mol. The Kier molecular flexibility index (Phi) is 5.62. The van der Waals surface area contributed by atoms with Crippen LogP contribution in [0, 0.1) is 5.82 Å². The quantitative estimate of drug-likeness (QED) is 0.618. The molecule has 1 heterocycles. The number of rotatable bonds is 6. The lowest BCUT2D eigenvalue weighted by Gasteiger charge is -2.27. The number of benzene rings is 3. The van der Waals surface area contributed by atoms with Crippen molar-refractivity contribution >= 4 is 11.5 Å². The molecule has 0 saturated carbocycles. The fourth-order valence-electron chi connectivity index (χ4n) is 3.80. The molecule has 1 atom stereocenters. The molecule has 1 aliphatic heterocycles. The largest absolute Gasteiger partial charge is 0.503 e. The fourth-order valence-corrected chi connectivity index (χ4v) is 3.80. The van der Waals surface area contributed by atoms with E-state index in [2.05, 4.69) is 0 Å². The first kappa shape index (κ1) is 20.5. The van der Waals surface area contributed by atoms with Gasteiger partial charge in [-0.25, -0.2) is 4.39 Å². The minimum absolute atomic E-state index is 0.272. The highest BCUT2D eigenvalue weighted by atomic mass is 19.1. The van der Waals surface area contributed by atoms with Crippen LogP contribution in [0.5, 0.6) is 11.5 Å². The number of carbonyl (C=O) groups is 1. The molecule has 158 valence electrons. The lowest BCUT2D eigenvalue weighted by molar-refractivity contribution is -0.130. The van der Waals surface area contributed by atoms with Crippen LogP contribution in [0.2, 0.25) is 0 Å². The molecule has 5 nitrogen and oxygen atoms in total. The molecule has 31 heavy (non-hydrogen) atoms. The summed E-state index contributed by atoms with van der Waals surface area (Å²) in [5.74, 6) is 0.228. The van der Waals surface area contributed by atoms with Crippen LogP contribution >= 0.6 is 0 Å². The van der Waals surface area contributed by atoms with Gasteiger partial charge in [-0.15, -0.1) is 0 Å². The Morgan fingerprint density at radius 2 is 1.42 bits per heavy atom. The number of ether oxygens (including phenoxy) is 2. The maximum Gasteiger partial charge on any atom is 0.290 e. The summed E-state index contributed by atoms with van der Waals surface area (Å²) in [7, 11) is 3.16. The average Bonchev–Trinajstić information content (AvgIpc) is 3.05. The van der Waals surface area contributed by atoms with Gasteiger partial charge in [0, 0.05) is 12.1 Å². The van der Waals surface area contributed by atoms with Crippen LogP contribution < -0.4 is 9.47 Å². The van der Waals surface area contributed by atoms with Gasteiger partial charge in [-0.3, -0.25) is 4.79 Å². The third kappa shape index (κ3) is 3.97. The first-order valence-corrected chi connectivity index (χ1v) is 9.78. The third-order valence-corrected chi connectivity index (χ3v) is 5.40. The second-order valence-corrected chi connectivity index (χ2v) is 7.23. The molecular weight excluding hydrogens is 397 g/mol. The summed E-state index contributed by atoms with van der Waals surface area (Å²) in [6.07, 6.45) is 0. The van der Waals surface area contributed by atoms with Crippen molar-refractivity contribution < 1.29 is 23.8 Å². The Bertz CT molecular complexity index is 1110. The van der Waals surface area contributed by atoms with Crippen molar-refractivity contribution in [2.75, 3.05) is 14.2 Å². The van der Waals surface area contributed by atoms with Crippen molar-refractivity contribution in [2.24, 2.45) is 0 Å². The SMILES string of the molecule is COc1ccc(CN2C(=O)C(O)=C(c3ccc(OC)cc3)[C@H]2c2ccc(F)cc2)cc1. The van der Waals surface area contributed by atoms with Gasteiger partial charge in [0.1, 0.15) is 17.3 Å². The number of aliphatic hydroxyl groups is 1. The van der Waals surface area contributed by atoms with Crippen molar-refractivity contribution in [1.82, 2.24) is 4.90 Å². The lowest BCUT2D eigenvalue weighted by Crippen LogP contribution is -2.29. The summed E-state index contributed by atoms with van der Waals surface area (Å²) in [5.41, 5.74) is 2.76. The summed E-state index contributed by atoms with van der Waals surface area (Å²) < 4.78 is 24.0. The van der Waals surface area contributed by atoms with Crippen molar-refractivity contribution in [3.63, 3.8) is 0 Å². The molecular formula is C25H22FNO4. The van der Waals surface area contributed by atoms with E-state index in [4.69, 9.17) is 9.47 Å². The molecule has 0 spiro atoms. The van der Waals surface area contributed by atoms with E-state index < -0.39 is 11.9 Å². The zero-order valence-corrected chi connectivity index (χ0v) is 17.2. The number of methoxy groups -OCH3 is 2. The third-order valence-electron chi connectivity index (χ3n) is 5.40. The minimum Gasteiger partial charge on any atom is -0.503 e. The van der Waals surface area contributed by atoms with E-state index in [1.54, 1.807) is 55.5 Å². The zero-order chi connectivity index (χ0) is 22.0. The molecule has 1 amide bonds. The zero-order valence-electron chi connectivity index (χ0n) is 17.2. The van der Waals surface area contributed by atoms with E-state index >= 15 is 0 Å². The van der Waals surface area contributed by atoms with Crippen LogP contribution in [0.1, 0.15) is 22.7 Å². The van der Waals surface area contributed by atoms with E-state index in [0.29, 0.717) is 28.2 Å². The maximum absolute atomic E-state index is 13.6. The van der Waals surface area contributed by atoms with Gasteiger partial charge < -0.3 is 19.5 Å². The summed E-state index contributed by atoms with van der Waals surface area (Å²) >= 11 is 0. The highest BCUT2D eigenvalue weighted by Gasteiger charge is 2.41. The molecule has 0 radical (unpaired) electrons. The van der Waals surface area contributed by atoms with Gasteiger partial charge in [-0.05, 0) is 53.1 Å². The van der Waals surface area contributed by atoms with Crippen molar-refractivity contribution in [3.05, 3.63) is 101 Å². The Labute approximate surface area is 180 Å². The van der Waals surface area contributed by atoms with Gasteiger partial charge in [-0.1, -0.05) is 36.4 Å². The van der Waals surface area contributed by atoms with Crippen molar-refractivity contribution in [1.29, 1.82) is 0 Å². The summed E-state index contributed by atoms with van der Waals surface area (Å²) in [4.78, 5) is 14.7. The molecule has 0 fully saturated rings. The van der Waals surface area contributed by atoms with E-state index in [1.165, 1.54) is 12.1 Å². The highest BCUT2D eigenvalue weighted by molar-refractivity contribution is 6.05. The topological polar surface area (TPSA) is 59.0 Å². The second kappa shape index (κ2) is 8.52. The molecule has 1 N–H and O–H groups in total. The van der Waals surface area contributed by atoms with E-state index in [1.807, 2.05) is 24.3 Å². The van der Waals surface area contributed by atoms with E-state index in [-0.39, 0.29) is 18.1 Å². The number of halogens is 1. The predicted octanol–water partition coefficient (Wildman–Crippen LogP) is 4.90. The monoisotopic (exact) mass is 419 g/mol. The molecule has 0 aromatic heterocycles. The molecule has 0 aliphatic carbocycles. The number of nitrogens with zero attached hydrogens (tertiary/aromatic N) is 1. The molecule has 4 rings (SSSR count). The van der Waals surface area contributed by atoms with Gasteiger partial charge in [0.05, 0.1) is 20.3 Å². The van der Waals surface area contributed by atoms with Gasteiger partial charge in [0.15, 0.2) is 5.76 Å². The Balaban J connectivity index is 1.76. The van der Waals surface area contributed by atoms with Gasteiger partial charge in [-0.2, -0.15) is 0 Å². The maximum atomic E-state index is 13.6. The fraction of sp³-hybridized carbons (Fsp3) is 0.160. The van der Waals surface area contributed by atoms with Crippen LogP contribution in [-0.2, 0) is 11.3 Å². The standard InChI is InChI=1S/C25H22FNO4/c1-30-20-11-3-16(4-12-20)15-27-23(18-5-9-19(26)10-6-18)22(24(28)25(27)29)17-7-13-21(31-2)14-8-17/h3-14,23,28H,15H2,1-2H3/t23-/m1/s1. The minimum atomic E-state index is -0.566. The van der Waals surface area contributed by atoms with Gasteiger partial charge in [0.25, 0.3) is 5.91 Å². The van der Waals surface area contributed by atoms with Gasteiger partial charge in [0.2, 0.25) is 0 Å². The first-order valence-electron chi connectivity index (χ1n) is 9.78. The first-order chi connectivity index (χ1) is 15.0. The second-order valence-electron chi connectivity index (χ2n) is 7.23. The summed E-state index contributed by atoms with van der Waals surface area (Å²) in [5, 5.41) is 10.8. The number of carbonyl (C=O) groups excluding carboxylic acids is 1. The number of hydrogen-bond acceptors (Lipinski definition) is 4. The van der Waals surface area contributed by atoms with Crippen LogP contribution in [0.3, 0.4) is 0 Å². The number of amides is 1. The molecule has 0 unspecified atom stereocenters. The van der Waals surface area contributed by atoms with E-state index in [9.17, 15) is 14.3 Å². The van der Waals surface area contributed by atoms with Crippen molar-refractivity contribution in [2.45, 2.75) is 12.6 Å². The lowest BCUT2D eigenvalue weighted by atomic mass is 9.93. The Morgan fingerprint density at radius 3 is 1.97 bits per heavy atom. The smallest absolute Gasteiger partial charge is 0.290 e. The molecule has 1 aliphatic rings. The van der Waals surface area contributed by atoms with E-state index in [0.717, 1.165) is 5.56 Å². The normalized spacial score (nSPS) is 16.0. The van der Waals surface area contributed by atoms with Crippen molar-refractivity contribution in [3.8, 4) is 11.5 Å².